The van der Waals surface area contributed by atoms with Crippen LogP contribution in [0.3, 0.4) is 0 Å². The maximum absolute atomic E-state index is 12.7. The summed E-state index contributed by atoms with van der Waals surface area (Å²) in [7, 11) is -3.78. The lowest BCUT2D eigenvalue weighted by molar-refractivity contribution is -0.123. The second-order valence-corrected chi connectivity index (χ2v) is 9.96. The van der Waals surface area contributed by atoms with Gasteiger partial charge in [-0.3, -0.25) is 4.79 Å². The molecule has 3 rings (SSSR count). The van der Waals surface area contributed by atoms with Gasteiger partial charge in [0.2, 0.25) is 10.0 Å². The Morgan fingerprint density at radius 2 is 1.94 bits per heavy atom. The van der Waals surface area contributed by atoms with Gasteiger partial charge in [0.1, 0.15) is 5.75 Å². The molecule has 0 fully saturated rings. The highest BCUT2D eigenvalue weighted by molar-refractivity contribution is 7.89. The molecule has 1 aliphatic carbocycles. The molecule has 1 atom stereocenters. The molecule has 172 valence electrons. The first-order valence-corrected chi connectivity index (χ1v) is 12.7. The Morgan fingerprint density at radius 1 is 1.16 bits per heavy atom. The second-order valence-electron chi connectivity index (χ2n) is 7.84. The van der Waals surface area contributed by atoms with E-state index >= 15 is 0 Å². The van der Waals surface area contributed by atoms with Crippen LogP contribution in [0.5, 0.6) is 5.75 Å². The lowest BCUT2D eigenvalue weighted by Crippen LogP contribution is -2.30. The Morgan fingerprint density at radius 3 is 2.62 bits per heavy atom. The van der Waals surface area contributed by atoms with E-state index in [-0.39, 0.29) is 28.2 Å². The van der Waals surface area contributed by atoms with E-state index in [4.69, 9.17) is 16.3 Å². The first kappa shape index (κ1) is 24.3. The number of allylic oxidation sites excluding steroid dienone is 1. The fourth-order valence-electron chi connectivity index (χ4n) is 3.56. The Bertz CT molecular complexity index is 1050. The summed E-state index contributed by atoms with van der Waals surface area (Å²) in [4.78, 5) is 12.1. The summed E-state index contributed by atoms with van der Waals surface area (Å²) in [5, 5.41) is 2.96. The summed E-state index contributed by atoms with van der Waals surface area (Å²) in [6.45, 7) is 2.16. The van der Waals surface area contributed by atoms with Crippen molar-refractivity contribution in [2.75, 3.05) is 13.2 Å². The topological polar surface area (TPSA) is 84.5 Å². The highest BCUT2D eigenvalue weighted by Crippen LogP contribution is 2.28. The number of nitrogens with one attached hydrogen (secondary N) is 2. The molecular weight excluding hydrogens is 448 g/mol. The Balaban J connectivity index is 1.51. The summed E-state index contributed by atoms with van der Waals surface area (Å²) in [6.07, 6.45) is 7.80. The van der Waals surface area contributed by atoms with E-state index in [0.717, 1.165) is 24.8 Å². The molecule has 2 aromatic rings. The molecule has 0 radical (unpaired) electrons. The molecule has 0 heterocycles. The van der Waals surface area contributed by atoms with Gasteiger partial charge < -0.3 is 10.1 Å². The van der Waals surface area contributed by atoms with Crippen LogP contribution in [0.1, 0.15) is 50.6 Å². The van der Waals surface area contributed by atoms with Gasteiger partial charge >= 0.3 is 0 Å². The number of ether oxygens (including phenoxy) is 1. The van der Waals surface area contributed by atoms with Crippen molar-refractivity contribution in [2.45, 2.75) is 50.0 Å². The van der Waals surface area contributed by atoms with Crippen LogP contribution < -0.4 is 14.8 Å². The number of carbonyl (C=O) groups excluding carboxylic acids is 1. The van der Waals surface area contributed by atoms with Crippen molar-refractivity contribution in [3.05, 3.63) is 70.8 Å². The molecule has 6 nitrogen and oxygen atoms in total. The minimum absolute atomic E-state index is 0.0304. The van der Waals surface area contributed by atoms with Crippen LogP contribution in [-0.2, 0) is 14.8 Å². The van der Waals surface area contributed by atoms with Crippen LogP contribution in [0.4, 0.5) is 0 Å². The largest absolute Gasteiger partial charge is 0.482 e. The third kappa shape index (κ3) is 7.08. The van der Waals surface area contributed by atoms with Gasteiger partial charge in [-0.2, -0.15) is 0 Å². The van der Waals surface area contributed by atoms with E-state index in [1.54, 1.807) is 6.92 Å². The molecule has 2 aromatic carbocycles. The van der Waals surface area contributed by atoms with Gasteiger partial charge in [0.15, 0.2) is 6.61 Å². The summed E-state index contributed by atoms with van der Waals surface area (Å²) in [5.41, 5.74) is 2.25. The zero-order valence-corrected chi connectivity index (χ0v) is 19.7. The van der Waals surface area contributed by atoms with Crippen LogP contribution >= 0.6 is 11.6 Å². The number of carbonyl (C=O) groups is 1. The molecule has 0 saturated heterocycles. The standard InChI is InChI=1S/C24H29ClN2O4S/c1-18(20-10-6-3-7-11-20)27-32(29,30)21-12-13-23(22(25)16-21)31-17-24(28)26-15-14-19-8-4-2-5-9-19/h3,6-8,10-13,16,18,27H,2,4-5,9,14-15,17H2,1H3,(H,26,28)/t18-/m0/s1. The molecule has 0 bridgehead atoms. The molecule has 0 spiro atoms. The van der Waals surface area contributed by atoms with Crippen LogP contribution in [0.25, 0.3) is 0 Å². The molecule has 8 heteroatoms. The zero-order valence-electron chi connectivity index (χ0n) is 18.1. The Labute approximate surface area is 195 Å². The summed E-state index contributed by atoms with van der Waals surface area (Å²) < 4.78 is 33.6. The average molecular weight is 477 g/mol. The van der Waals surface area contributed by atoms with E-state index in [2.05, 4.69) is 16.1 Å². The van der Waals surface area contributed by atoms with Gasteiger partial charge in [-0.15, -0.1) is 0 Å². The van der Waals surface area contributed by atoms with Crippen molar-refractivity contribution in [1.29, 1.82) is 0 Å². The van der Waals surface area contributed by atoms with Gasteiger partial charge in [0, 0.05) is 12.6 Å². The Hall–Kier alpha value is -2.35. The maximum Gasteiger partial charge on any atom is 0.257 e. The number of hydrogen-bond donors (Lipinski definition) is 2. The van der Waals surface area contributed by atoms with Crippen molar-refractivity contribution in [1.82, 2.24) is 10.0 Å². The number of halogens is 1. The fourth-order valence-corrected chi connectivity index (χ4v) is 5.12. The van der Waals surface area contributed by atoms with Crippen molar-refractivity contribution >= 4 is 27.5 Å². The van der Waals surface area contributed by atoms with Crippen molar-refractivity contribution in [3.63, 3.8) is 0 Å². The highest BCUT2D eigenvalue weighted by atomic mass is 35.5. The number of rotatable bonds is 10. The quantitative estimate of drug-likeness (QED) is 0.484. The predicted molar refractivity (Wildman–Crippen MR) is 126 cm³/mol. The van der Waals surface area contributed by atoms with Gasteiger partial charge in [0.25, 0.3) is 5.91 Å². The molecule has 0 saturated carbocycles. The van der Waals surface area contributed by atoms with Crippen LogP contribution in [-0.4, -0.2) is 27.5 Å². The lowest BCUT2D eigenvalue weighted by Gasteiger charge is -2.15. The zero-order chi connectivity index (χ0) is 23.0. The Kier molecular flexibility index (Phi) is 8.73. The number of amides is 1. The van der Waals surface area contributed by atoms with Crippen LogP contribution in [0.2, 0.25) is 5.02 Å². The highest BCUT2D eigenvalue weighted by Gasteiger charge is 2.20. The number of sulfonamides is 1. The second kappa shape index (κ2) is 11.5. The molecule has 2 N–H and O–H groups in total. The average Bonchev–Trinajstić information content (AvgIpc) is 2.79. The van der Waals surface area contributed by atoms with Gasteiger partial charge in [-0.25, -0.2) is 13.1 Å². The van der Waals surface area contributed by atoms with Crippen LogP contribution in [0.15, 0.2) is 65.1 Å². The summed E-state index contributed by atoms with van der Waals surface area (Å²) >= 11 is 6.22. The van der Waals surface area contributed by atoms with Gasteiger partial charge in [0.05, 0.1) is 9.92 Å². The van der Waals surface area contributed by atoms with Crippen LogP contribution in [0, 0.1) is 0 Å². The van der Waals surface area contributed by atoms with Gasteiger partial charge in [-0.05, 0) is 62.8 Å². The summed E-state index contributed by atoms with van der Waals surface area (Å²) in [6, 6.07) is 13.1. The third-order valence-electron chi connectivity index (χ3n) is 5.36. The van der Waals surface area contributed by atoms with Crippen molar-refractivity contribution < 1.29 is 17.9 Å². The minimum atomic E-state index is -3.78. The maximum atomic E-state index is 12.7. The molecular formula is C24H29ClN2O4S. The van der Waals surface area contributed by atoms with Crippen molar-refractivity contribution in [2.24, 2.45) is 0 Å². The molecule has 32 heavy (non-hydrogen) atoms. The van der Waals surface area contributed by atoms with E-state index < -0.39 is 16.1 Å². The summed E-state index contributed by atoms with van der Waals surface area (Å²) in [5.74, 6) is 0.0133. The monoisotopic (exact) mass is 476 g/mol. The molecule has 1 aliphatic rings. The molecule has 0 aromatic heterocycles. The fraction of sp³-hybridized carbons (Fsp3) is 0.375. The number of hydrogen-bond acceptors (Lipinski definition) is 4. The van der Waals surface area contributed by atoms with E-state index in [1.807, 2.05) is 30.3 Å². The predicted octanol–water partition coefficient (Wildman–Crippen LogP) is 4.77. The molecule has 0 unspecified atom stereocenters. The normalized spacial score (nSPS) is 15.0. The van der Waals surface area contributed by atoms with E-state index in [9.17, 15) is 13.2 Å². The first-order valence-electron chi connectivity index (χ1n) is 10.8. The number of benzene rings is 2. The molecule has 0 aliphatic heterocycles. The van der Waals surface area contributed by atoms with Crippen molar-refractivity contribution in [3.8, 4) is 5.75 Å². The lowest BCUT2D eigenvalue weighted by atomic mass is 9.97. The van der Waals surface area contributed by atoms with E-state index in [0.29, 0.717) is 6.54 Å². The third-order valence-corrected chi connectivity index (χ3v) is 7.19. The minimum Gasteiger partial charge on any atom is -0.482 e. The SMILES string of the molecule is C[C@H](NS(=O)(=O)c1ccc(OCC(=O)NCCC2=CCCCC2)c(Cl)c1)c1ccccc1. The smallest absolute Gasteiger partial charge is 0.257 e. The van der Waals surface area contributed by atoms with Gasteiger partial charge in [-0.1, -0.05) is 53.6 Å². The first-order chi connectivity index (χ1) is 15.3. The molecule has 1 amide bonds. The van der Waals surface area contributed by atoms with E-state index in [1.165, 1.54) is 36.6 Å².